The van der Waals surface area contributed by atoms with E-state index in [1.165, 1.54) is 12.1 Å². The Labute approximate surface area is 120 Å². The van der Waals surface area contributed by atoms with Crippen molar-refractivity contribution in [3.8, 4) is 0 Å². The van der Waals surface area contributed by atoms with Crippen molar-refractivity contribution >= 4 is 11.6 Å². The summed E-state index contributed by atoms with van der Waals surface area (Å²) >= 11 is 0. The van der Waals surface area contributed by atoms with E-state index >= 15 is 0 Å². The maximum Gasteiger partial charge on any atom is 0.417 e. The highest BCUT2D eigenvalue weighted by Crippen LogP contribution is 2.33. The Bertz CT molecular complexity index is 585. The molecule has 0 amide bonds. The van der Waals surface area contributed by atoms with Gasteiger partial charge >= 0.3 is 6.18 Å². The van der Waals surface area contributed by atoms with Crippen molar-refractivity contribution in [2.24, 2.45) is 0 Å². The van der Waals surface area contributed by atoms with Gasteiger partial charge in [-0.1, -0.05) is 24.3 Å². The Balaban J connectivity index is 2.25. The molecule has 5 heteroatoms. The third-order valence-corrected chi connectivity index (χ3v) is 3.49. The second-order valence-electron chi connectivity index (χ2n) is 5.04. The van der Waals surface area contributed by atoms with E-state index in [0.717, 1.165) is 25.0 Å². The summed E-state index contributed by atoms with van der Waals surface area (Å²) < 4.78 is 38.7. The third kappa shape index (κ3) is 3.80. The number of allylic oxidation sites excluding steroid dienone is 2. The van der Waals surface area contributed by atoms with E-state index in [4.69, 9.17) is 0 Å². The average molecular weight is 296 g/mol. The Hall–Kier alpha value is -1.91. The van der Waals surface area contributed by atoms with Crippen LogP contribution in [-0.2, 0) is 11.0 Å². The molecule has 0 unspecified atom stereocenters. The first-order chi connectivity index (χ1) is 9.89. The molecule has 0 saturated heterocycles. The van der Waals surface area contributed by atoms with Crippen LogP contribution >= 0.6 is 0 Å². The molecule has 1 aliphatic carbocycles. The molecule has 0 aliphatic heterocycles. The Kier molecular flexibility index (Phi) is 4.60. The molecule has 0 saturated carbocycles. The second-order valence-corrected chi connectivity index (χ2v) is 5.04. The molecule has 112 valence electrons. The monoisotopic (exact) mass is 296 g/mol. The zero-order valence-electron chi connectivity index (χ0n) is 11.4. The van der Waals surface area contributed by atoms with Crippen LogP contribution in [0.15, 0.2) is 35.9 Å². The van der Waals surface area contributed by atoms with Crippen LogP contribution in [0.5, 0.6) is 0 Å². The Morgan fingerprint density at radius 2 is 1.86 bits per heavy atom. The first-order valence-electron chi connectivity index (χ1n) is 6.81. The SMILES string of the molecule is O=C1CCCCC=C1CC(=O)c1ccccc1C(F)(F)F. The van der Waals surface area contributed by atoms with Gasteiger partial charge in [0.25, 0.3) is 0 Å². The van der Waals surface area contributed by atoms with Gasteiger partial charge in [-0.2, -0.15) is 13.2 Å². The zero-order valence-corrected chi connectivity index (χ0v) is 11.4. The molecular formula is C16H15F3O2. The van der Waals surface area contributed by atoms with Gasteiger partial charge in [0.2, 0.25) is 0 Å². The number of halogens is 3. The van der Waals surface area contributed by atoms with E-state index in [9.17, 15) is 22.8 Å². The lowest BCUT2D eigenvalue weighted by molar-refractivity contribution is -0.137. The minimum Gasteiger partial charge on any atom is -0.295 e. The van der Waals surface area contributed by atoms with Gasteiger partial charge in [-0.05, 0) is 30.9 Å². The largest absolute Gasteiger partial charge is 0.417 e. The summed E-state index contributed by atoms with van der Waals surface area (Å²) in [6, 6.07) is 4.69. The highest BCUT2D eigenvalue weighted by Gasteiger charge is 2.35. The first kappa shape index (κ1) is 15.5. The number of hydrogen-bond donors (Lipinski definition) is 0. The lowest BCUT2D eigenvalue weighted by Gasteiger charge is -2.12. The second kappa shape index (κ2) is 6.24. The van der Waals surface area contributed by atoms with Gasteiger partial charge in [0.1, 0.15) is 0 Å². The molecule has 2 nitrogen and oxygen atoms in total. The van der Waals surface area contributed by atoms with Crippen molar-refractivity contribution < 1.29 is 22.8 Å². The molecule has 0 N–H and O–H groups in total. The van der Waals surface area contributed by atoms with Crippen LogP contribution in [0.2, 0.25) is 0 Å². The van der Waals surface area contributed by atoms with E-state index < -0.39 is 17.5 Å². The summed E-state index contributed by atoms with van der Waals surface area (Å²) in [6.07, 6.45) is -0.479. The number of Topliss-reactive ketones (excluding diaryl/α,β-unsaturated/α-hetero) is 2. The summed E-state index contributed by atoms with van der Waals surface area (Å²) in [4.78, 5) is 24.0. The lowest BCUT2D eigenvalue weighted by atomic mass is 9.95. The summed E-state index contributed by atoms with van der Waals surface area (Å²) in [5, 5.41) is 0. The maximum atomic E-state index is 12.9. The molecule has 0 fully saturated rings. The van der Waals surface area contributed by atoms with Gasteiger partial charge in [0.15, 0.2) is 11.6 Å². The molecule has 0 aromatic heterocycles. The van der Waals surface area contributed by atoms with E-state index in [1.807, 2.05) is 0 Å². The van der Waals surface area contributed by atoms with Crippen LogP contribution in [-0.4, -0.2) is 11.6 Å². The van der Waals surface area contributed by atoms with Crippen LogP contribution in [0, 0.1) is 0 Å². The maximum absolute atomic E-state index is 12.9. The van der Waals surface area contributed by atoms with E-state index in [1.54, 1.807) is 6.08 Å². The van der Waals surface area contributed by atoms with Gasteiger partial charge in [-0.25, -0.2) is 0 Å². The highest BCUT2D eigenvalue weighted by atomic mass is 19.4. The number of rotatable bonds is 3. The summed E-state index contributed by atoms with van der Waals surface area (Å²) in [5.41, 5.74) is -0.978. The summed E-state index contributed by atoms with van der Waals surface area (Å²) in [5.74, 6) is -0.797. The zero-order chi connectivity index (χ0) is 15.5. The smallest absolute Gasteiger partial charge is 0.295 e. The van der Waals surface area contributed by atoms with Crippen LogP contribution in [0.25, 0.3) is 0 Å². The van der Waals surface area contributed by atoms with Gasteiger partial charge in [-0.15, -0.1) is 0 Å². The molecule has 1 aromatic rings. The molecule has 0 radical (unpaired) electrons. The minimum absolute atomic E-state index is 0.134. The molecule has 2 rings (SSSR count). The van der Waals surface area contributed by atoms with E-state index in [-0.39, 0.29) is 17.8 Å². The third-order valence-electron chi connectivity index (χ3n) is 3.49. The average Bonchev–Trinajstić information content (AvgIpc) is 2.63. The summed E-state index contributed by atoms with van der Waals surface area (Å²) in [7, 11) is 0. The van der Waals surface area contributed by atoms with Gasteiger partial charge in [0.05, 0.1) is 5.56 Å². The van der Waals surface area contributed by atoms with Crippen LogP contribution in [0.4, 0.5) is 13.2 Å². The first-order valence-corrected chi connectivity index (χ1v) is 6.81. The van der Waals surface area contributed by atoms with Crippen molar-refractivity contribution in [2.45, 2.75) is 38.3 Å². The Morgan fingerprint density at radius 3 is 2.57 bits per heavy atom. The van der Waals surface area contributed by atoms with Crippen molar-refractivity contribution in [3.05, 3.63) is 47.0 Å². The van der Waals surface area contributed by atoms with Crippen molar-refractivity contribution in [1.29, 1.82) is 0 Å². The predicted octanol–water partition coefficient (Wildman–Crippen LogP) is 4.35. The van der Waals surface area contributed by atoms with Crippen LogP contribution in [0.1, 0.15) is 48.0 Å². The molecule has 0 heterocycles. The van der Waals surface area contributed by atoms with Gasteiger partial charge in [-0.3, -0.25) is 9.59 Å². The predicted molar refractivity (Wildman–Crippen MR) is 71.9 cm³/mol. The standard InChI is InChI=1S/C16H15F3O2/c17-16(18,19)13-8-5-4-7-12(13)15(21)10-11-6-2-1-3-9-14(11)20/h4-8H,1-3,9-10H2. The number of alkyl halides is 3. The van der Waals surface area contributed by atoms with Crippen molar-refractivity contribution in [2.75, 3.05) is 0 Å². The fourth-order valence-electron chi connectivity index (χ4n) is 2.39. The minimum atomic E-state index is -4.58. The number of hydrogen-bond acceptors (Lipinski definition) is 2. The fraction of sp³-hybridized carbons (Fsp3) is 0.375. The topological polar surface area (TPSA) is 34.1 Å². The molecule has 0 spiro atoms. The van der Waals surface area contributed by atoms with Crippen LogP contribution in [0.3, 0.4) is 0 Å². The number of benzene rings is 1. The molecule has 1 aromatic carbocycles. The Morgan fingerprint density at radius 1 is 1.14 bits per heavy atom. The van der Waals surface area contributed by atoms with E-state index in [2.05, 4.69) is 0 Å². The van der Waals surface area contributed by atoms with Crippen molar-refractivity contribution in [3.63, 3.8) is 0 Å². The molecule has 21 heavy (non-hydrogen) atoms. The van der Waals surface area contributed by atoms with E-state index in [0.29, 0.717) is 18.4 Å². The molecule has 0 atom stereocenters. The van der Waals surface area contributed by atoms with Gasteiger partial charge < -0.3 is 0 Å². The summed E-state index contributed by atoms with van der Waals surface area (Å²) in [6.45, 7) is 0. The normalized spacial score (nSPS) is 16.3. The van der Waals surface area contributed by atoms with Crippen molar-refractivity contribution in [1.82, 2.24) is 0 Å². The van der Waals surface area contributed by atoms with Gasteiger partial charge in [0, 0.05) is 18.4 Å². The number of ketones is 2. The number of carbonyl (C=O) groups is 2. The molecule has 0 bridgehead atoms. The van der Waals surface area contributed by atoms with Crippen LogP contribution < -0.4 is 0 Å². The molecular weight excluding hydrogens is 281 g/mol. The molecule has 1 aliphatic rings. The lowest BCUT2D eigenvalue weighted by Crippen LogP contribution is -2.15. The fourth-order valence-corrected chi connectivity index (χ4v) is 2.39. The highest BCUT2D eigenvalue weighted by molar-refractivity contribution is 6.06. The number of carbonyl (C=O) groups excluding carboxylic acids is 2. The quantitative estimate of drug-likeness (QED) is 0.777.